The summed E-state index contributed by atoms with van der Waals surface area (Å²) in [6.45, 7) is 0.612. The number of rotatable bonds is 8. The molecule has 0 bridgehead atoms. The van der Waals surface area contributed by atoms with Gasteiger partial charge in [0, 0.05) is 23.0 Å². The lowest BCUT2D eigenvalue weighted by Crippen LogP contribution is -2.24. The highest BCUT2D eigenvalue weighted by molar-refractivity contribution is 7.99. The van der Waals surface area contributed by atoms with Gasteiger partial charge >= 0.3 is 0 Å². The van der Waals surface area contributed by atoms with Gasteiger partial charge in [0.25, 0.3) is 5.91 Å². The van der Waals surface area contributed by atoms with Crippen LogP contribution in [0, 0.1) is 0 Å². The van der Waals surface area contributed by atoms with Gasteiger partial charge in [-0.3, -0.25) is 14.9 Å². The Morgan fingerprint density at radius 3 is 2.97 bits per heavy atom. The van der Waals surface area contributed by atoms with Crippen LogP contribution in [0.5, 0.6) is 0 Å². The SMILES string of the molecule is O=C(NCCCSc1ccc2c(C=Cc3ccccn3)n[nH]c2c1)c1ccco1. The Hall–Kier alpha value is -3.32. The van der Waals surface area contributed by atoms with E-state index in [1.54, 1.807) is 30.1 Å². The molecule has 146 valence electrons. The number of H-pyrrole nitrogens is 1. The highest BCUT2D eigenvalue weighted by atomic mass is 32.2. The molecule has 6 nitrogen and oxygen atoms in total. The predicted octanol–water partition coefficient (Wildman–Crippen LogP) is 4.63. The molecule has 2 N–H and O–H groups in total. The van der Waals surface area contributed by atoms with Crippen molar-refractivity contribution in [2.45, 2.75) is 11.3 Å². The van der Waals surface area contributed by atoms with Crippen LogP contribution in [0.15, 0.2) is 70.3 Å². The van der Waals surface area contributed by atoms with E-state index in [-0.39, 0.29) is 5.91 Å². The summed E-state index contributed by atoms with van der Waals surface area (Å²) in [6.07, 6.45) is 8.06. The molecule has 0 unspecified atom stereocenters. The highest BCUT2D eigenvalue weighted by Gasteiger charge is 2.07. The molecule has 7 heteroatoms. The summed E-state index contributed by atoms with van der Waals surface area (Å²) in [5.41, 5.74) is 2.79. The number of carbonyl (C=O) groups excluding carboxylic acids is 1. The normalized spacial score (nSPS) is 11.3. The number of nitrogens with one attached hydrogen (secondary N) is 2. The summed E-state index contributed by atoms with van der Waals surface area (Å²) in [4.78, 5) is 17.3. The summed E-state index contributed by atoms with van der Waals surface area (Å²) in [6, 6.07) is 15.5. The average molecular weight is 404 g/mol. The van der Waals surface area contributed by atoms with E-state index in [4.69, 9.17) is 4.42 Å². The number of amides is 1. The molecule has 0 fully saturated rings. The fourth-order valence-electron chi connectivity index (χ4n) is 2.83. The van der Waals surface area contributed by atoms with Gasteiger partial charge in [-0.1, -0.05) is 6.07 Å². The summed E-state index contributed by atoms with van der Waals surface area (Å²) < 4.78 is 5.07. The molecule has 29 heavy (non-hydrogen) atoms. The molecule has 1 amide bonds. The number of fused-ring (bicyclic) bond motifs is 1. The monoisotopic (exact) mass is 404 g/mol. The van der Waals surface area contributed by atoms with Crippen molar-refractivity contribution in [1.82, 2.24) is 20.5 Å². The Kier molecular flexibility index (Phi) is 6.07. The van der Waals surface area contributed by atoms with Gasteiger partial charge in [-0.05, 0) is 66.8 Å². The number of nitrogens with zero attached hydrogens (tertiary/aromatic N) is 2. The van der Waals surface area contributed by atoms with E-state index in [1.807, 2.05) is 30.4 Å². The van der Waals surface area contributed by atoms with Gasteiger partial charge in [0.1, 0.15) is 0 Å². The van der Waals surface area contributed by atoms with E-state index >= 15 is 0 Å². The summed E-state index contributed by atoms with van der Waals surface area (Å²) in [7, 11) is 0. The van der Waals surface area contributed by atoms with Crippen LogP contribution in [0.25, 0.3) is 23.1 Å². The number of pyridine rings is 1. The van der Waals surface area contributed by atoms with Gasteiger partial charge in [0.2, 0.25) is 0 Å². The molecule has 0 saturated heterocycles. The number of thioether (sulfide) groups is 1. The fourth-order valence-corrected chi connectivity index (χ4v) is 3.72. The standard InChI is InChI=1S/C22H20N4O2S/c27-22(21-6-3-13-28-21)24-12-4-14-29-17-8-9-18-19(25-26-20(18)15-17)10-7-16-5-1-2-11-23-16/h1-3,5-11,13,15H,4,12,14H2,(H,24,27)(H,25,26). The molecule has 3 heterocycles. The van der Waals surface area contributed by atoms with E-state index in [0.29, 0.717) is 12.3 Å². The molecule has 0 radical (unpaired) electrons. The van der Waals surface area contributed by atoms with Crippen molar-refractivity contribution in [2.75, 3.05) is 12.3 Å². The molecule has 1 aromatic carbocycles. The molecule has 0 aliphatic heterocycles. The van der Waals surface area contributed by atoms with E-state index in [2.05, 4.69) is 38.7 Å². The van der Waals surface area contributed by atoms with E-state index in [9.17, 15) is 4.79 Å². The van der Waals surface area contributed by atoms with Crippen molar-refractivity contribution >= 4 is 40.7 Å². The molecule has 0 atom stereocenters. The molecule has 4 rings (SSSR count). The van der Waals surface area contributed by atoms with Crippen LogP contribution in [-0.4, -0.2) is 33.4 Å². The first-order valence-electron chi connectivity index (χ1n) is 9.31. The zero-order chi connectivity index (χ0) is 19.9. The molecule has 4 aromatic rings. The molecular weight excluding hydrogens is 384 g/mol. The molecule has 0 aliphatic rings. The number of hydrogen-bond acceptors (Lipinski definition) is 5. The Morgan fingerprint density at radius 1 is 1.17 bits per heavy atom. The minimum absolute atomic E-state index is 0.176. The fraction of sp³-hybridized carbons (Fsp3) is 0.136. The second-order valence-corrected chi connectivity index (χ2v) is 7.51. The van der Waals surface area contributed by atoms with Gasteiger partial charge in [-0.2, -0.15) is 5.10 Å². The van der Waals surface area contributed by atoms with Crippen LogP contribution in [0.2, 0.25) is 0 Å². The number of benzene rings is 1. The van der Waals surface area contributed by atoms with Gasteiger partial charge in [-0.15, -0.1) is 11.8 Å². The Labute approximate surface area is 172 Å². The topological polar surface area (TPSA) is 83.8 Å². The predicted molar refractivity (Wildman–Crippen MR) is 116 cm³/mol. The van der Waals surface area contributed by atoms with Crippen LogP contribution in [0.1, 0.15) is 28.4 Å². The third-order valence-electron chi connectivity index (χ3n) is 4.28. The van der Waals surface area contributed by atoms with E-state index < -0.39 is 0 Å². The molecule has 3 aromatic heterocycles. The number of aromatic nitrogens is 3. The highest BCUT2D eigenvalue weighted by Crippen LogP contribution is 2.25. The Morgan fingerprint density at radius 2 is 2.14 bits per heavy atom. The van der Waals surface area contributed by atoms with Gasteiger partial charge in [0.05, 0.1) is 23.2 Å². The van der Waals surface area contributed by atoms with Gasteiger partial charge < -0.3 is 9.73 Å². The third kappa shape index (κ3) is 4.94. The largest absolute Gasteiger partial charge is 0.459 e. The second-order valence-electron chi connectivity index (χ2n) is 6.34. The molecule has 0 spiro atoms. The first-order valence-corrected chi connectivity index (χ1v) is 10.3. The van der Waals surface area contributed by atoms with E-state index in [1.165, 1.54) is 11.2 Å². The number of hydrogen-bond donors (Lipinski definition) is 2. The zero-order valence-corrected chi connectivity index (χ0v) is 16.5. The van der Waals surface area contributed by atoms with Crippen molar-refractivity contribution < 1.29 is 9.21 Å². The molecular formula is C22H20N4O2S. The second kappa shape index (κ2) is 9.25. The lowest BCUT2D eigenvalue weighted by Gasteiger charge is -2.04. The van der Waals surface area contributed by atoms with Crippen LogP contribution >= 0.6 is 11.8 Å². The van der Waals surface area contributed by atoms with Crippen molar-refractivity contribution in [3.8, 4) is 0 Å². The average Bonchev–Trinajstić information content (AvgIpc) is 3.43. The third-order valence-corrected chi connectivity index (χ3v) is 5.36. The first-order chi connectivity index (χ1) is 14.3. The summed E-state index contributed by atoms with van der Waals surface area (Å²) in [5.74, 6) is 1.07. The maximum absolute atomic E-state index is 11.8. The van der Waals surface area contributed by atoms with Crippen LogP contribution < -0.4 is 5.32 Å². The quantitative estimate of drug-likeness (QED) is 0.330. The number of aromatic amines is 1. The maximum Gasteiger partial charge on any atom is 0.286 e. The van der Waals surface area contributed by atoms with Gasteiger partial charge in [0.15, 0.2) is 5.76 Å². The Bertz CT molecular complexity index is 1100. The lowest BCUT2D eigenvalue weighted by atomic mass is 10.2. The number of furan rings is 1. The smallest absolute Gasteiger partial charge is 0.286 e. The zero-order valence-electron chi connectivity index (χ0n) is 15.7. The van der Waals surface area contributed by atoms with Crippen molar-refractivity contribution in [3.05, 3.63) is 78.1 Å². The van der Waals surface area contributed by atoms with Crippen LogP contribution in [-0.2, 0) is 0 Å². The first kappa shape index (κ1) is 19.0. The van der Waals surface area contributed by atoms with Crippen molar-refractivity contribution in [1.29, 1.82) is 0 Å². The summed E-state index contributed by atoms with van der Waals surface area (Å²) >= 11 is 1.75. The lowest BCUT2D eigenvalue weighted by molar-refractivity contribution is 0.0926. The molecule has 0 aliphatic carbocycles. The maximum atomic E-state index is 11.8. The van der Waals surface area contributed by atoms with Gasteiger partial charge in [-0.25, -0.2) is 0 Å². The number of carbonyl (C=O) groups is 1. The van der Waals surface area contributed by atoms with E-state index in [0.717, 1.165) is 34.5 Å². The Balaban J connectivity index is 1.29. The summed E-state index contributed by atoms with van der Waals surface area (Å²) in [5, 5.41) is 11.4. The minimum Gasteiger partial charge on any atom is -0.459 e. The van der Waals surface area contributed by atoms with Crippen molar-refractivity contribution in [3.63, 3.8) is 0 Å². The van der Waals surface area contributed by atoms with Crippen LogP contribution in [0.3, 0.4) is 0 Å². The van der Waals surface area contributed by atoms with Crippen molar-refractivity contribution in [2.24, 2.45) is 0 Å². The molecule has 0 saturated carbocycles. The minimum atomic E-state index is -0.176. The van der Waals surface area contributed by atoms with Crippen LogP contribution in [0.4, 0.5) is 0 Å².